The second-order valence-corrected chi connectivity index (χ2v) is 6.13. The number of nitrogens with zero attached hydrogens (tertiary/aromatic N) is 1. The third-order valence-electron chi connectivity index (χ3n) is 3.75. The number of hydrogen-bond donors (Lipinski definition) is 1. The van der Waals surface area contributed by atoms with E-state index in [0.29, 0.717) is 25.6 Å². The minimum atomic E-state index is -0.588. The van der Waals surface area contributed by atoms with Crippen molar-refractivity contribution in [3.8, 4) is 5.75 Å². The van der Waals surface area contributed by atoms with Crippen LogP contribution in [0.5, 0.6) is 5.75 Å². The van der Waals surface area contributed by atoms with Gasteiger partial charge in [0.05, 0.1) is 25.4 Å². The third-order valence-corrected chi connectivity index (χ3v) is 3.75. The van der Waals surface area contributed by atoms with E-state index >= 15 is 0 Å². The van der Waals surface area contributed by atoms with Gasteiger partial charge in [0.1, 0.15) is 5.75 Å². The van der Waals surface area contributed by atoms with E-state index in [1.807, 2.05) is 0 Å². The fourth-order valence-electron chi connectivity index (χ4n) is 2.73. The van der Waals surface area contributed by atoms with Gasteiger partial charge in [0.2, 0.25) is 0 Å². The highest BCUT2D eigenvalue weighted by Gasteiger charge is 2.26. The second kappa shape index (κ2) is 7.46. The summed E-state index contributed by atoms with van der Waals surface area (Å²) >= 11 is 0. The van der Waals surface area contributed by atoms with Gasteiger partial charge in [0.25, 0.3) is 5.91 Å². The maximum atomic E-state index is 12.7. The van der Waals surface area contributed by atoms with Crippen LogP contribution in [0.3, 0.4) is 0 Å². The highest BCUT2D eigenvalue weighted by molar-refractivity contribution is 5.98. The zero-order valence-electron chi connectivity index (χ0n) is 13.7. The van der Waals surface area contributed by atoms with Crippen molar-refractivity contribution in [1.29, 1.82) is 0 Å². The van der Waals surface area contributed by atoms with Crippen molar-refractivity contribution in [3.05, 3.63) is 29.3 Å². The summed E-state index contributed by atoms with van der Waals surface area (Å²) in [7, 11) is 1.26. The molecule has 0 aliphatic carbocycles. The molecule has 6 nitrogen and oxygen atoms in total. The first-order valence-corrected chi connectivity index (χ1v) is 7.74. The monoisotopic (exact) mass is 321 g/mol. The number of rotatable bonds is 4. The maximum Gasteiger partial charge on any atom is 0.338 e. The summed E-state index contributed by atoms with van der Waals surface area (Å²) in [5, 5.41) is 9.75. The summed E-state index contributed by atoms with van der Waals surface area (Å²) in [6.07, 6.45) is 0.905. The second-order valence-electron chi connectivity index (χ2n) is 6.13. The molecule has 0 saturated carbocycles. The molecule has 126 valence electrons. The van der Waals surface area contributed by atoms with E-state index in [4.69, 9.17) is 4.74 Å². The highest BCUT2D eigenvalue weighted by Crippen LogP contribution is 2.20. The Morgan fingerprint density at radius 1 is 1.35 bits per heavy atom. The van der Waals surface area contributed by atoms with Crippen molar-refractivity contribution in [2.45, 2.75) is 26.4 Å². The zero-order valence-corrected chi connectivity index (χ0v) is 13.7. The van der Waals surface area contributed by atoms with E-state index in [0.717, 1.165) is 6.42 Å². The van der Waals surface area contributed by atoms with Gasteiger partial charge in [-0.05, 0) is 30.5 Å². The number of benzene rings is 1. The van der Waals surface area contributed by atoms with Crippen LogP contribution in [0.25, 0.3) is 0 Å². The van der Waals surface area contributed by atoms with Crippen LogP contribution in [0.1, 0.15) is 41.0 Å². The number of methoxy groups -OCH3 is 1. The smallest absolute Gasteiger partial charge is 0.338 e. The molecule has 1 atom stereocenters. The van der Waals surface area contributed by atoms with Crippen LogP contribution in [-0.2, 0) is 9.47 Å². The molecule has 1 amide bonds. The van der Waals surface area contributed by atoms with Crippen molar-refractivity contribution in [2.75, 3.05) is 26.8 Å². The normalized spacial score (nSPS) is 18.1. The Morgan fingerprint density at radius 2 is 2.04 bits per heavy atom. The average molecular weight is 321 g/mol. The molecule has 6 heteroatoms. The van der Waals surface area contributed by atoms with Gasteiger partial charge in [0, 0.05) is 18.7 Å². The molecule has 1 aliphatic rings. The minimum absolute atomic E-state index is 0.0186. The number of phenols is 1. The Kier molecular flexibility index (Phi) is 5.60. The molecule has 23 heavy (non-hydrogen) atoms. The quantitative estimate of drug-likeness (QED) is 0.859. The van der Waals surface area contributed by atoms with Crippen molar-refractivity contribution in [1.82, 2.24) is 4.90 Å². The Hall–Kier alpha value is -2.08. The number of aromatic hydroxyl groups is 1. The fraction of sp³-hybridized carbons (Fsp3) is 0.529. The van der Waals surface area contributed by atoms with Crippen LogP contribution in [0.2, 0.25) is 0 Å². The molecule has 1 N–H and O–H groups in total. The lowest BCUT2D eigenvalue weighted by Gasteiger charge is -2.33. The van der Waals surface area contributed by atoms with Crippen molar-refractivity contribution in [2.24, 2.45) is 5.92 Å². The Balaban J connectivity index is 2.16. The van der Waals surface area contributed by atoms with Gasteiger partial charge < -0.3 is 19.5 Å². The predicted octanol–water partition coefficient (Wildman–Crippen LogP) is 2.07. The zero-order chi connectivity index (χ0) is 17.0. The molecule has 0 radical (unpaired) electrons. The predicted molar refractivity (Wildman–Crippen MR) is 84.5 cm³/mol. The number of hydrogen-bond acceptors (Lipinski definition) is 5. The summed E-state index contributed by atoms with van der Waals surface area (Å²) < 4.78 is 10.3. The Labute approximate surface area is 136 Å². The lowest BCUT2D eigenvalue weighted by molar-refractivity contribution is -0.0298. The number of ether oxygens (including phenoxy) is 2. The largest absolute Gasteiger partial charge is 0.508 e. The van der Waals surface area contributed by atoms with Gasteiger partial charge >= 0.3 is 5.97 Å². The first-order chi connectivity index (χ1) is 10.9. The molecule has 0 unspecified atom stereocenters. The number of esters is 1. The lowest BCUT2D eigenvalue weighted by Crippen LogP contribution is -2.46. The summed E-state index contributed by atoms with van der Waals surface area (Å²) in [6.45, 7) is 5.73. The van der Waals surface area contributed by atoms with Crippen molar-refractivity contribution >= 4 is 11.9 Å². The minimum Gasteiger partial charge on any atom is -0.508 e. The molecule has 1 aromatic rings. The molecule has 0 aromatic heterocycles. The van der Waals surface area contributed by atoms with E-state index in [-0.39, 0.29) is 28.9 Å². The molecular weight excluding hydrogens is 298 g/mol. The summed E-state index contributed by atoms with van der Waals surface area (Å²) in [6, 6.07) is 4.09. The first kappa shape index (κ1) is 17.3. The van der Waals surface area contributed by atoms with Crippen LogP contribution in [0.4, 0.5) is 0 Å². The van der Waals surface area contributed by atoms with Crippen molar-refractivity contribution < 1.29 is 24.2 Å². The molecule has 1 aromatic carbocycles. The molecule has 2 rings (SSSR count). The Bertz CT molecular complexity index is 584. The van der Waals surface area contributed by atoms with Gasteiger partial charge in [-0.1, -0.05) is 13.8 Å². The third kappa shape index (κ3) is 4.45. The molecule has 0 spiro atoms. The number of amides is 1. The number of carbonyl (C=O) groups is 2. The standard InChI is InChI=1S/C17H23NO5/c1-11(2)6-15-10-18(4-5-23-15)16(20)12-7-13(17(21)22-3)9-14(19)8-12/h7-9,11,15,19H,4-6,10H2,1-3H3/t15-/m1/s1. The highest BCUT2D eigenvalue weighted by atomic mass is 16.5. The van der Waals surface area contributed by atoms with Crippen molar-refractivity contribution in [3.63, 3.8) is 0 Å². The molecule has 1 saturated heterocycles. The van der Waals surface area contributed by atoms with E-state index in [1.165, 1.54) is 25.3 Å². The van der Waals surface area contributed by atoms with Gasteiger partial charge in [-0.25, -0.2) is 4.79 Å². The van der Waals surface area contributed by atoms with Crippen LogP contribution >= 0.6 is 0 Å². The van der Waals surface area contributed by atoms with E-state index in [1.54, 1.807) is 4.90 Å². The van der Waals surface area contributed by atoms with Gasteiger partial charge in [0.15, 0.2) is 0 Å². The van der Waals surface area contributed by atoms with Gasteiger partial charge in [-0.15, -0.1) is 0 Å². The van der Waals surface area contributed by atoms with Crippen LogP contribution in [0, 0.1) is 5.92 Å². The SMILES string of the molecule is COC(=O)c1cc(O)cc(C(=O)N2CCO[C@H](CC(C)C)C2)c1. The molecule has 1 heterocycles. The van der Waals surface area contributed by atoms with Crippen LogP contribution in [-0.4, -0.2) is 54.8 Å². The fourth-order valence-corrected chi connectivity index (χ4v) is 2.73. The Morgan fingerprint density at radius 3 is 2.70 bits per heavy atom. The van der Waals surface area contributed by atoms with E-state index in [2.05, 4.69) is 18.6 Å². The number of morpholine rings is 1. The summed E-state index contributed by atoms with van der Waals surface area (Å²) in [5.41, 5.74) is 0.429. The van der Waals surface area contributed by atoms with Gasteiger partial charge in [-0.3, -0.25) is 4.79 Å². The summed E-state index contributed by atoms with van der Waals surface area (Å²) in [5.74, 6) is -0.456. The van der Waals surface area contributed by atoms with Crippen LogP contribution < -0.4 is 0 Å². The summed E-state index contributed by atoms with van der Waals surface area (Å²) in [4.78, 5) is 26.0. The molecular formula is C17H23NO5. The molecule has 1 aliphatic heterocycles. The maximum absolute atomic E-state index is 12.7. The van der Waals surface area contributed by atoms with Gasteiger partial charge in [-0.2, -0.15) is 0 Å². The number of phenolic OH excluding ortho intramolecular Hbond substituents is 1. The molecule has 1 fully saturated rings. The lowest BCUT2D eigenvalue weighted by atomic mass is 10.0. The first-order valence-electron chi connectivity index (χ1n) is 7.74. The molecule has 0 bridgehead atoms. The van der Waals surface area contributed by atoms with E-state index < -0.39 is 5.97 Å². The topological polar surface area (TPSA) is 76.1 Å². The average Bonchev–Trinajstić information content (AvgIpc) is 2.52. The van der Waals surface area contributed by atoms with Crippen LogP contribution in [0.15, 0.2) is 18.2 Å². The number of carbonyl (C=O) groups excluding carboxylic acids is 2. The van der Waals surface area contributed by atoms with E-state index in [9.17, 15) is 14.7 Å².